The van der Waals surface area contributed by atoms with Crippen molar-refractivity contribution in [3.05, 3.63) is 0 Å². The molecule has 84 valence electrons. The zero-order valence-corrected chi connectivity index (χ0v) is 9.56. The van der Waals surface area contributed by atoms with Gasteiger partial charge >= 0.3 is 0 Å². The average molecular weight is 223 g/mol. The smallest absolute Gasteiger partial charge is 0.212 e. The van der Waals surface area contributed by atoms with Gasteiger partial charge in [0.1, 0.15) is 5.60 Å². The maximum absolute atomic E-state index is 11.0. The monoisotopic (exact) mass is 223 g/mol. The third-order valence-electron chi connectivity index (χ3n) is 1.89. The number of sulfonamides is 1. The molecule has 0 aromatic carbocycles. The Kier molecular flexibility index (Phi) is 2.93. The quantitative estimate of drug-likeness (QED) is 0.706. The van der Waals surface area contributed by atoms with Gasteiger partial charge in [-0.1, -0.05) is 0 Å². The largest absolute Gasteiger partial charge is 0.375 e. The number of hydrogen-bond acceptors (Lipinski definition) is 4. The maximum Gasteiger partial charge on any atom is 0.212 e. The van der Waals surface area contributed by atoms with Gasteiger partial charge in [0.2, 0.25) is 10.0 Å². The molecule has 1 saturated heterocycles. The van der Waals surface area contributed by atoms with E-state index in [1.807, 2.05) is 13.8 Å². The Morgan fingerprint density at radius 2 is 1.86 bits per heavy atom. The lowest BCUT2D eigenvalue weighted by Crippen LogP contribution is -2.54. The van der Waals surface area contributed by atoms with Crippen molar-refractivity contribution in [2.75, 3.05) is 19.0 Å². The van der Waals surface area contributed by atoms with E-state index >= 15 is 0 Å². The first-order chi connectivity index (χ1) is 6.12. The van der Waals surface area contributed by atoms with Gasteiger partial charge in [-0.2, -0.15) is 0 Å². The standard InChI is InChI=1S/C8H17NO4S/c1-7(2)4-12-5-8(3,13-7)6-14(9,10)11/h4-6H2,1-3H3,(H2,9,10,11). The highest BCUT2D eigenvalue weighted by Crippen LogP contribution is 2.27. The summed E-state index contributed by atoms with van der Waals surface area (Å²) in [5.74, 6) is -0.219. The number of primary sulfonamides is 1. The van der Waals surface area contributed by atoms with Gasteiger partial charge in [-0.15, -0.1) is 0 Å². The molecule has 0 aromatic rings. The topological polar surface area (TPSA) is 78.6 Å². The second-order valence-electron chi connectivity index (χ2n) is 4.61. The minimum atomic E-state index is -3.54. The number of rotatable bonds is 2. The molecule has 1 unspecified atom stereocenters. The van der Waals surface area contributed by atoms with E-state index in [0.717, 1.165) is 0 Å². The molecule has 1 heterocycles. The Morgan fingerprint density at radius 1 is 1.29 bits per heavy atom. The van der Waals surface area contributed by atoms with Crippen molar-refractivity contribution in [3.63, 3.8) is 0 Å². The van der Waals surface area contributed by atoms with E-state index in [1.165, 1.54) is 0 Å². The molecule has 2 N–H and O–H groups in total. The van der Waals surface area contributed by atoms with Crippen LogP contribution in [0.15, 0.2) is 0 Å². The van der Waals surface area contributed by atoms with Gasteiger partial charge in [0.05, 0.1) is 24.6 Å². The molecule has 1 atom stereocenters. The van der Waals surface area contributed by atoms with Gasteiger partial charge in [-0.3, -0.25) is 0 Å². The van der Waals surface area contributed by atoms with Crippen LogP contribution in [0.4, 0.5) is 0 Å². The lowest BCUT2D eigenvalue weighted by Gasteiger charge is -2.42. The summed E-state index contributed by atoms with van der Waals surface area (Å²) in [7, 11) is -3.54. The minimum absolute atomic E-state index is 0.219. The summed E-state index contributed by atoms with van der Waals surface area (Å²) in [6, 6.07) is 0. The molecule has 0 aromatic heterocycles. The SMILES string of the molecule is CC1(C)COCC(C)(CS(N)(=O)=O)O1. The maximum atomic E-state index is 11.0. The van der Waals surface area contributed by atoms with Crippen LogP contribution in [0.5, 0.6) is 0 Å². The van der Waals surface area contributed by atoms with E-state index in [2.05, 4.69) is 0 Å². The van der Waals surface area contributed by atoms with Crippen LogP contribution in [0, 0.1) is 0 Å². The molecule has 6 heteroatoms. The molecule has 0 radical (unpaired) electrons. The van der Waals surface area contributed by atoms with E-state index in [-0.39, 0.29) is 12.4 Å². The van der Waals surface area contributed by atoms with Crippen molar-refractivity contribution in [2.24, 2.45) is 5.14 Å². The molecule has 1 aliphatic rings. The van der Waals surface area contributed by atoms with E-state index in [4.69, 9.17) is 14.6 Å². The molecule has 0 bridgehead atoms. The second-order valence-corrected chi connectivity index (χ2v) is 6.23. The van der Waals surface area contributed by atoms with Crippen molar-refractivity contribution in [1.82, 2.24) is 0 Å². The fourth-order valence-electron chi connectivity index (χ4n) is 1.74. The summed E-state index contributed by atoms with van der Waals surface area (Å²) in [4.78, 5) is 0. The Morgan fingerprint density at radius 3 is 2.29 bits per heavy atom. The van der Waals surface area contributed by atoms with E-state index in [1.54, 1.807) is 6.92 Å². The minimum Gasteiger partial charge on any atom is -0.375 e. The van der Waals surface area contributed by atoms with Crippen LogP contribution in [-0.2, 0) is 19.5 Å². The van der Waals surface area contributed by atoms with Gasteiger partial charge in [-0.05, 0) is 20.8 Å². The lowest BCUT2D eigenvalue weighted by molar-refractivity contribution is -0.220. The van der Waals surface area contributed by atoms with Crippen LogP contribution in [0.2, 0.25) is 0 Å². The fourth-order valence-corrected chi connectivity index (χ4v) is 2.73. The molecular weight excluding hydrogens is 206 g/mol. The molecule has 0 aliphatic carbocycles. The van der Waals surface area contributed by atoms with Crippen molar-refractivity contribution in [2.45, 2.75) is 32.0 Å². The zero-order chi connectivity index (χ0) is 11.0. The van der Waals surface area contributed by atoms with Crippen molar-refractivity contribution < 1.29 is 17.9 Å². The molecule has 0 amide bonds. The molecular formula is C8H17NO4S. The van der Waals surface area contributed by atoms with Gasteiger partial charge in [0, 0.05) is 0 Å². The van der Waals surface area contributed by atoms with E-state index in [9.17, 15) is 8.42 Å². The normalized spacial score (nSPS) is 32.9. The third kappa shape index (κ3) is 3.53. The Balaban J connectivity index is 2.75. The summed E-state index contributed by atoms with van der Waals surface area (Å²) in [5, 5.41) is 4.98. The van der Waals surface area contributed by atoms with Gasteiger partial charge in [0.15, 0.2) is 0 Å². The summed E-state index contributed by atoms with van der Waals surface area (Å²) >= 11 is 0. The molecule has 1 rings (SSSR count). The van der Waals surface area contributed by atoms with Crippen LogP contribution in [-0.4, -0.2) is 38.6 Å². The predicted octanol–water partition coefficient (Wildman–Crippen LogP) is -0.141. The number of ether oxygens (including phenoxy) is 2. The summed E-state index contributed by atoms with van der Waals surface area (Å²) in [6.45, 7) is 6.12. The Hall–Kier alpha value is -0.170. The molecule has 1 aliphatic heterocycles. The van der Waals surface area contributed by atoms with Gasteiger partial charge < -0.3 is 9.47 Å². The fraction of sp³-hybridized carbons (Fsp3) is 1.00. The Labute approximate surface area is 84.6 Å². The van der Waals surface area contributed by atoms with Crippen LogP contribution in [0.1, 0.15) is 20.8 Å². The molecule has 14 heavy (non-hydrogen) atoms. The summed E-state index contributed by atoms with van der Waals surface area (Å²) < 4.78 is 32.9. The van der Waals surface area contributed by atoms with Crippen LogP contribution in [0.3, 0.4) is 0 Å². The van der Waals surface area contributed by atoms with E-state index in [0.29, 0.717) is 6.61 Å². The van der Waals surface area contributed by atoms with Crippen LogP contribution >= 0.6 is 0 Å². The highest BCUT2D eigenvalue weighted by atomic mass is 32.2. The van der Waals surface area contributed by atoms with Crippen molar-refractivity contribution in [3.8, 4) is 0 Å². The van der Waals surface area contributed by atoms with E-state index < -0.39 is 21.2 Å². The highest BCUT2D eigenvalue weighted by Gasteiger charge is 2.40. The lowest BCUT2D eigenvalue weighted by atomic mass is 10.0. The van der Waals surface area contributed by atoms with Crippen LogP contribution in [0.25, 0.3) is 0 Å². The first-order valence-electron chi connectivity index (χ1n) is 4.40. The number of hydrogen-bond donors (Lipinski definition) is 1. The van der Waals surface area contributed by atoms with Crippen LogP contribution < -0.4 is 5.14 Å². The molecule has 5 nitrogen and oxygen atoms in total. The predicted molar refractivity (Wildman–Crippen MR) is 52.4 cm³/mol. The molecule has 0 spiro atoms. The van der Waals surface area contributed by atoms with Gasteiger partial charge in [-0.25, -0.2) is 13.6 Å². The van der Waals surface area contributed by atoms with Crippen molar-refractivity contribution >= 4 is 10.0 Å². The Bertz CT molecular complexity index is 311. The first-order valence-corrected chi connectivity index (χ1v) is 6.12. The molecule has 0 saturated carbocycles. The van der Waals surface area contributed by atoms with Gasteiger partial charge in [0.25, 0.3) is 0 Å². The first kappa shape index (κ1) is 11.9. The highest BCUT2D eigenvalue weighted by molar-refractivity contribution is 7.89. The second kappa shape index (κ2) is 3.44. The zero-order valence-electron chi connectivity index (χ0n) is 8.74. The number of nitrogens with two attached hydrogens (primary N) is 1. The molecule has 1 fully saturated rings. The average Bonchev–Trinajstić information content (AvgIpc) is 1.75. The summed E-state index contributed by atoms with van der Waals surface area (Å²) in [6.07, 6.45) is 0. The third-order valence-corrected chi connectivity index (χ3v) is 2.90. The van der Waals surface area contributed by atoms with Crippen molar-refractivity contribution in [1.29, 1.82) is 0 Å². The summed E-state index contributed by atoms with van der Waals surface area (Å²) in [5.41, 5.74) is -1.30.